The van der Waals surface area contributed by atoms with Crippen LogP contribution in [0.25, 0.3) is 0 Å². The maximum absolute atomic E-state index is 11.9. The number of hydrazone groups is 1. The molecule has 0 unspecified atom stereocenters. The number of nitrogens with zero attached hydrogens (tertiary/aromatic N) is 2. The highest BCUT2D eigenvalue weighted by atomic mass is 16.6. The molecule has 0 bridgehead atoms. The molecule has 2 aromatic rings. The maximum Gasteiger partial charge on any atom is 0.433 e. The lowest BCUT2D eigenvalue weighted by molar-refractivity contribution is -0.402. The van der Waals surface area contributed by atoms with Crippen LogP contribution in [0.4, 0.5) is 5.88 Å². The fourth-order valence-electron chi connectivity index (χ4n) is 1.79. The molecule has 7 heteroatoms. The van der Waals surface area contributed by atoms with Gasteiger partial charge in [0.2, 0.25) is 0 Å². The van der Waals surface area contributed by atoms with Crippen molar-refractivity contribution in [3.8, 4) is 0 Å². The largest absolute Gasteiger partial charge is 0.433 e. The Morgan fingerprint density at radius 1 is 1.33 bits per heavy atom. The van der Waals surface area contributed by atoms with Crippen LogP contribution >= 0.6 is 0 Å². The van der Waals surface area contributed by atoms with E-state index in [4.69, 9.17) is 4.42 Å². The predicted octanol–water partition coefficient (Wildman–Crippen LogP) is 2.57. The minimum atomic E-state index is -0.647. The number of carbonyl (C=O) groups excluding carboxylic acids is 1. The van der Waals surface area contributed by atoms with Crippen LogP contribution in [0.1, 0.15) is 27.2 Å². The van der Waals surface area contributed by atoms with Crippen LogP contribution in [0.3, 0.4) is 0 Å². The molecule has 1 heterocycles. The zero-order chi connectivity index (χ0) is 15.4. The molecule has 0 saturated heterocycles. The van der Waals surface area contributed by atoms with Gasteiger partial charge >= 0.3 is 5.88 Å². The molecule has 1 N–H and O–H groups in total. The van der Waals surface area contributed by atoms with Gasteiger partial charge in [0.1, 0.15) is 4.92 Å². The SMILES string of the molecule is Cc1ccc(C(=O)N/N=C/c2ccc([N+](=O)[O-])o2)c(C)c1. The van der Waals surface area contributed by atoms with Crippen LogP contribution in [-0.4, -0.2) is 17.0 Å². The molecule has 0 saturated carbocycles. The Balaban J connectivity index is 2.03. The van der Waals surface area contributed by atoms with E-state index in [9.17, 15) is 14.9 Å². The first kappa shape index (κ1) is 14.4. The van der Waals surface area contributed by atoms with Crippen molar-refractivity contribution in [1.82, 2.24) is 5.43 Å². The van der Waals surface area contributed by atoms with Gasteiger partial charge in [-0.05, 0) is 31.5 Å². The quantitative estimate of drug-likeness (QED) is 0.530. The van der Waals surface area contributed by atoms with Gasteiger partial charge in [-0.25, -0.2) is 5.43 Å². The standard InChI is InChI=1S/C14H13N3O4/c1-9-3-5-12(10(2)7-9)14(18)16-15-8-11-4-6-13(21-11)17(19)20/h3-8H,1-2H3,(H,16,18)/b15-8+. The Morgan fingerprint density at radius 2 is 2.10 bits per heavy atom. The smallest absolute Gasteiger partial charge is 0.400 e. The number of amides is 1. The Hall–Kier alpha value is -2.96. The van der Waals surface area contributed by atoms with Crippen LogP contribution in [0, 0.1) is 24.0 Å². The van der Waals surface area contributed by atoms with Gasteiger partial charge in [-0.1, -0.05) is 17.7 Å². The van der Waals surface area contributed by atoms with Crippen molar-refractivity contribution < 1.29 is 14.1 Å². The lowest BCUT2D eigenvalue weighted by atomic mass is 10.1. The molecule has 1 amide bonds. The molecule has 0 aliphatic carbocycles. The first-order valence-electron chi connectivity index (χ1n) is 6.12. The molecule has 1 aromatic carbocycles. The minimum Gasteiger partial charge on any atom is -0.400 e. The summed E-state index contributed by atoms with van der Waals surface area (Å²) in [6, 6.07) is 8.06. The molecule has 108 valence electrons. The van der Waals surface area contributed by atoms with Gasteiger partial charge in [0.25, 0.3) is 5.91 Å². The normalized spacial score (nSPS) is 10.8. The van der Waals surface area contributed by atoms with E-state index < -0.39 is 4.92 Å². The molecule has 0 fully saturated rings. The molecule has 0 aliphatic heterocycles. The number of furan rings is 1. The Bertz CT molecular complexity index is 719. The van der Waals surface area contributed by atoms with Gasteiger partial charge in [-0.3, -0.25) is 14.9 Å². The molecule has 0 aliphatic rings. The lowest BCUT2D eigenvalue weighted by Gasteiger charge is -2.04. The van der Waals surface area contributed by atoms with Crippen LogP contribution in [0.5, 0.6) is 0 Å². The first-order valence-corrected chi connectivity index (χ1v) is 6.12. The van der Waals surface area contributed by atoms with E-state index >= 15 is 0 Å². The highest BCUT2D eigenvalue weighted by Gasteiger charge is 2.11. The Kier molecular flexibility index (Phi) is 4.13. The third-order valence-corrected chi connectivity index (χ3v) is 2.78. The van der Waals surface area contributed by atoms with Crippen molar-refractivity contribution >= 4 is 18.0 Å². The summed E-state index contributed by atoms with van der Waals surface area (Å²) in [5.74, 6) is -0.551. The maximum atomic E-state index is 11.9. The number of benzene rings is 1. The number of rotatable bonds is 4. The zero-order valence-electron chi connectivity index (χ0n) is 11.5. The Morgan fingerprint density at radius 3 is 2.71 bits per heavy atom. The van der Waals surface area contributed by atoms with E-state index in [0.717, 1.165) is 11.1 Å². The fourth-order valence-corrected chi connectivity index (χ4v) is 1.79. The average Bonchev–Trinajstić information content (AvgIpc) is 2.87. The summed E-state index contributed by atoms with van der Waals surface area (Å²) in [6.07, 6.45) is 1.20. The molecule has 2 rings (SSSR count). The second-order valence-corrected chi connectivity index (χ2v) is 4.45. The van der Waals surface area contributed by atoms with Crippen LogP contribution in [0.2, 0.25) is 0 Å². The molecular weight excluding hydrogens is 274 g/mol. The molecule has 1 aromatic heterocycles. The second kappa shape index (κ2) is 6.00. The van der Waals surface area contributed by atoms with Crippen LogP contribution in [0.15, 0.2) is 39.9 Å². The summed E-state index contributed by atoms with van der Waals surface area (Å²) in [7, 11) is 0. The van der Waals surface area contributed by atoms with E-state index in [1.54, 1.807) is 6.07 Å². The van der Waals surface area contributed by atoms with E-state index in [2.05, 4.69) is 10.5 Å². The van der Waals surface area contributed by atoms with E-state index in [1.807, 2.05) is 26.0 Å². The number of hydrogen-bond donors (Lipinski definition) is 1. The molecular formula is C14H13N3O4. The molecule has 0 radical (unpaired) electrons. The predicted molar refractivity (Wildman–Crippen MR) is 76.3 cm³/mol. The van der Waals surface area contributed by atoms with Gasteiger partial charge in [-0.2, -0.15) is 5.10 Å². The van der Waals surface area contributed by atoms with E-state index in [0.29, 0.717) is 5.56 Å². The van der Waals surface area contributed by atoms with Crippen LogP contribution < -0.4 is 5.43 Å². The van der Waals surface area contributed by atoms with Gasteiger partial charge in [0.05, 0.1) is 12.3 Å². The van der Waals surface area contributed by atoms with Gasteiger partial charge in [-0.15, -0.1) is 0 Å². The fraction of sp³-hybridized carbons (Fsp3) is 0.143. The monoisotopic (exact) mass is 287 g/mol. The average molecular weight is 287 g/mol. The summed E-state index contributed by atoms with van der Waals surface area (Å²) in [4.78, 5) is 21.7. The summed E-state index contributed by atoms with van der Waals surface area (Å²) in [5, 5.41) is 14.2. The summed E-state index contributed by atoms with van der Waals surface area (Å²) >= 11 is 0. The number of carbonyl (C=O) groups is 1. The summed E-state index contributed by atoms with van der Waals surface area (Å²) in [5.41, 5.74) is 4.77. The Labute approximate surface area is 120 Å². The molecule has 0 spiro atoms. The van der Waals surface area contributed by atoms with Crippen molar-refractivity contribution in [2.75, 3.05) is 0 Å². The van der Waals surface area contributed by atoms with E-state index in [1.165, 1.54) is 18.3 Å². The van der Waals surface area contributed by atoms with Crippen molar-refractivity contribution in [3.05, 3.63) is 62.9 Å². The van der Waals surface area contributed by atoms with Gasteiger partial charge < -0.3 is 4.42 Å². The number of nitro groups is 1. The highest BCUT2D eigenvalue weighted by molar-refractivity contribution is 5.96. The minimum absolute atomic E-state index is 0.183. The molecule has 0 atom stereocenters. The van der Waals surface area contributed by atoms with Gasteiger partial charge in [0, 0.05) is 5.56 Å². The lowest BCUT2D eigenvalue weighted by Crippen LogP contribution is -2.18. The van der Waals surface area contributed by atoms with Crippen molar-refractivity contribution in [2.24, 2.45) is 5.10 Å². The third-order valence-electron chi connectivity index (χ3n) is 2.78. The topological polar surface area (TPSA) is 97.7 Å². The third kappa shape index (κ3) is 3.53. The van der Waals surface area contributed by atoms with Crippen molar-refractivity contribution in [1.29, 1.82) is 0 Å². The van der Waals surface area contributed by atoms with Crippen LogP contribution in [-0.2, 0) is 0 Å². The van der Waals surface area contributed by atoms with Gasteiger partial charge in [0.15, 0.2) is 5.76 Å². The highest BCUT2D eigenvalue weighted by Crippen LogP contribution is 2.14. The van der Waals surface area contributed by atoms with E-state index in [-0.39, 0.29) is 17.6 Å². The number of aryl methyl sites for hydroxylation is 2. The number of hydrogen-bond acceptors (Lipinski definition) is 5. The summed E-state index contributed by atoms with van der Waals surface area (Å²) in [6.45, 7) is 3.78. The number of nitrogens with one attached hydrogen (secondary N) is 1. The second-order valence-electron chi connectivity index (χ2n) is 4.45. The zero-order valence-corrected chi connectivity index (χ0v) is 11.5. The van der Waals surface area contributed by atoms with Crippen molar-refractivity contribution in [2.45, 2.75) is 13.8 Å². The first-order chi connectivity index (χ1) is 9.97. The molecule has 21 heavy (non-hydrogen) atoms. The molecule has 7 nitrogen and oxygen atoms in total. The van der Waals surface area contributed by atoms with Crippen molar-refractivity contribution in [3.63, 3.8) is 0 Å². The summed E-state index contributed by atoms with van der Waals surface area (Å²) < 4.78 is 4.87.